The van der Waals surface area contributed by atoms with Gasteiger partial charge in [-0.05, 0) is 34.6 Å². The predicted octanol–water partition coefficient (Wildman–Crippen LogP) is 4.32. The quantitative estimate of drug-likeness (QED) is 0.741. The Labute approximate surface area is 123 Å². The van der Waals surface area contributed by atoms with Crippen LogP contribution in [0.1, 0.15) is 28.7 Å². The normalized spacial score (nSPS) is 18.1. The second kappa shape index (κ2) is 4.68. The smallest absolute Gasteiger partial charge is 0.131 e. The summed E-state index contributed by atoms with van der Waals surface area (Å²) in [5.74, 6) is 0.144. The van der Waals surface area contributed by atoms with Gasteiger partial charge in [0.1, 0.15) is 5.82 Å². The molecule has 0 aromatic heterocycles. The molecule has 104 valence electrons. The summed E-state index contributed by atoms with van der Waals surface area (Å²) >= 11 is 0. The largest absolute Gasteiger partial charge is 0.323 e. The number of nitrogens with two attached hydrogens (primary N) is 1. The molecular formula is C19H16FN. The van der Waals surface area contributed by atoms with Crippen molar-refractivity contribution < 1.29 is 4.39 Å². The van der Waals surface area contributed by atoms with Gasteiger partial charge in [0.25, 0.3) is 0 Å². The fraction of sp³-hybridized carbons (Fsp3) is 0.158. The summed E-state index contributed by atoms with van der Waals surface area (Å²) in [6, 6.07) is 19.3. The molecule has 2 N–H and O–H groups in total. The van der Waals surface area contributed by atoms with Crippen LogP contribution in [0.25, 0.3) is 10.8 Å². The maximum atomic E-state index is 13.9. The number of hydrogen-bond donors (Lipinski definition) is 1. The predicted molar refractivity (Wildman–Crippen MR) is 83.7 cm³/mol. The van der Waals surface area contributed by atoms with Crippen molar-refractivity contribution in [2.45, 2.75) is 18.4 Å². The first-order valence-corrected chi connectivity index (χ1v) is 7.26. The van der Waals surface area contributed by atoms with Crippen molar-refractivity contribution in [3.8, 4) is 0 Å². The van der Waals surface area contributed by atoms with Crippen LogP contribution in [0.5, 0.6) is 0 Å². The minimum absolute atomic E-state index is 0.0922. The Morgan fingerprint density at radius 2 is 1.62 bits per heavy atom. The minimum atomic E-state index is -0.185. The molecule has 4 rings (SSSR count). The number of halogens is 1. The van der Waals surface area contributed by atoms with Gasteiger partial charge in [0.05, 0.1) is 0 Å². The van der Waals surface area contributed by atoms with E-state index >= 15 is 0 Å². The Bertz CT molecular complexity index is 825. The first-order chi connectivity index (χ1) is 10.3. The molecule has 21 heavy (non-hydrogen) atoms. The molecule has 0 fully saturated rings. The van der Waals surface area contributed by atoms with E-state index in [2.05, 4.69) is 24.3 Å². The highest BCUT2D eigenvalue weighted by atomic mass is 19.1. The third kappa shape index (κ3) is 1.87. The van der Waals surface area contributed by atoms with Crippen LogP contribution in [0.3, 0.4) is 0 Å². The van der Waals surface area contributed by atoms with Gasteiger partial charge < -0.3 is 5.73 Å². The standard InChI is InChI=1S/C19H16FN/c20-18-10-9-16(14-7-3-4-8-15(14)18)19(21)17-11-12-5-1-2-6-13(12)17/h1-10,17,19H,11,21H2. The molecule has 1 aliphatic rings. The third-order valence-electron chi connectivity index (χ3n) is 4.59. The van der Waals surface area contributed by atoms with Gasteiger partial charge in [0.2, 0.25) is 0 Å². The zero-order valence-corrected chi connectivity index (χ0v) is 11.6. The molecule has 2 atom stereocenters. The van der Waals surface area contributed by atoms with Gasteiger partial charge in [-0.15, -0.1) is 0 Å². The SMILES string of the molecule is NC(c1ccc(F)c2ccccc12)C1Cc2ccccc21. The topological polar surface area (TPSA) is 26.0 Å². The van der Waals surface area contributed by atoms with Crippen LogP contribution >= 0.6 is 0 Å². The zero-order valence-electron chi connectivity index (χ0n) is 11.6. The van der Waals surface area contributed by atoms with Crippen molar-refractivity contribution in [2.24, 2.45) is 5.73 Å². The number of hydrogen-bond acceptors (Lipinski definition) is 1. The summed E-state index contributed by atoms with van der Waals surface area (Å²) in [5, 5.41) is 1.58. The lowest BCUT2D eigenvalue weighted by atomic mass is 9.71. The van der Waals surface area contributed by atoms with Crippen LogP contribution in [0.2, 0.25) is 0 Å². The highest BCUT2D eigenvalue weighted by Gasteiger charge is 2.32. The van der Waals surface area contributed by atoms with E-state index in [4.69, 9.17) is 5.73 Å². The second-order valence-corrected chi connectivity index (χ2v) is 5.72. The summed E-state index contributed by atoms with van der Waals surface area (Å²) in [7, 11) is 0. The molecule has 3 aromatic rings. The lowest BCUT2D eigenvalue weighted by Gasteiger charge is -2.35. The van der Waals surface area contributed by atoms with Gasteiger partial charge in [0.15, 0.2) is 0 Å². The Kier molecular flexibility index (Phi) is 2.79. The summed E-state index contributed by atoms with van der Waals surface area (Å²) in [6.45, 7) is 0. The van der Waals surface area contributed by atoms with E-state index in [1.807, 2.05) is 30.3 Å². The molecule has 2 heteroatoms. The molecule has 0 aliphatic heterocycles. The molecule has 0 radical (unpaired) electrons. The van der Waals surface area contributed by atoms with Crippen molar-refractivity contribution in [3.05, 3.63) is 83.2 Å². The van der Waals surface area contributed by atoms with Crippen LogP contribution in [0.15, 0.2) is 60.7 Å². The molecule has 1 nitrogen and oxygen atoms in total. The Morgan fingerprint density at radius 1 is 0.905 bits per heavy atom. The van der Waals surface area contributed by atoms with Crippen molar-refractivity contribution in [3.63, 3.8) is 0 Å². The van der Waals surface area contributed by atoms with Crippen LogP contribution in [-0.4, -0.2) is 0 Å². The van der Waals surface area contributed by atoms with E-state index in [1.54, 1.807) is 0 Å². The second-order valence-electron chi connectivity index (χ2n) is 5.72. The summed E-state index contributed by atoms with van der Waals surface area (Å²) in [4.78, 5) is 0. The van der Waals surface area contributed by atoms with Crippen LogP contribution in [-0.2, 0) is 6.42 Å². The van der Waals surface area contributed by atoms with E-state index in [0.717, 1.165) is 17.4 Å². The molecule has 0 heterocycles. The van der Waals surface area contributed by atoms with Gasteiger partial charge in [-0.2, -0.15) is 0 Å². The highest BCUT2D eigenvalue weighted by Crippen LogP contribution is 2.43. The number of fused-ring (bicyclic) bond motifs is 2. The average molecular weight is 277 g/mol. The molecule has 1 aliphatic carbocycles. The summed E-state index contributed by atoms with van der Waals surface area (Å²) in [5.41, 5.74) is 10.3. The van der Waals surface area contributed by atoms with Gasteiger partial charge in [-0.1, -0.05) is 54.6 Å². The highest BCUT2D eigenvalue weighted by molar-refractivity contribution is 5.86. The fourth-order valence-electron chi connectivity index (χ4n) is 3.41. The van der Waals surface area contributed by atoms with Gasteiger partial charge in [-0.3, -0.25) is 0 Å². The van der Waals surface area contributed by atoms with Crippen LogP contribution < -0.4 is 5.73 Å². The first-order valence-electron chi connectivity index (χ1n) is 7.26. The maximum Gasteiger partial charge on any atom is 0.131 e. The molecule has 0 spiro atoms. The monoisotopic (exact) mass is 277 g/mol. The minimum Gasteiger partial charge on any atom is -0.323 e. The molecule has 0 saturated heterocycles. The van der Waals surface area contributed by atoms with Crippen molar-refractivity contribution in [2.75, 3.05) is 0 Å². The van der Waals surface area contributed by atoms with Gasteiger partial charge in [-0.25, -0.2) is 4.39 Å². The number of benzene rings is 3. The lowest BCUT2D eigenvalue weighted by molar-refractivity contribution is 0.502. The van der Waals surface area contributed by atoms with Crippen LogP contribution in [0, 0.1) is 5.82 Å². The van der Waals surface area contributed by atoms with Crippen molar-refractivity contribution >= 4 is 10.8 Å². The maximum absolute atomic E-state index is 13.9. The Morgan fingerprint density at radius 3 is 2.43 bits per heavy atom. The Balaban J connectivity index is 1.80. The average Bonchev–Trinajstić information content (AvgIpc) is 2.49. The Hall–Kier alpha value is -2.19. The van der Waals surface area contributed by atoms with Crippen molar-refractivity contribution in [1.82, 2.24) is 0 Å². The summed E-state index contributed by atoms with van der Waals surface area (Å²) < 4.78 is 13.9. The number of rotatable bonds is 2. The van der Waals surface area contributed by atoms with E-state index in [-0.39, 0.29) is 11.9 Å². The molecule has 3 aromatic carbocycles. The van der Waals surface area contributed by atoms with Crippen molar-refractivity contribution in [1.29, 1.82) is 0 Å². The first kappa shape index (κ1) is 12.5. The fourth-order valence-corrected chi connectivity index (χ4v) is 3.41. The molecule has 0 amide bonds. The van der Waals surface area contributed by atoms with E-state index < -0.39 is 0 Å². The molecule has 0 saturated carbocycles. The van der Waals surface area contributed by atoms with E-state index in [0.29, 0.717) is 11.3 Å². The van der Waals surface area contributed by atoms with E-state index in [1.165, 1.54) is 17.2 Å². The van der Waals surface area contributed by atoms with Gasteiger partial charge >= 0.3 is 0 Å². The van der Waals surface area contributed by atoms with E-state index in [9.17, 15) is 4.39 Å². The molecule has 0 bridgehead atoms. The van der Waals surface area contributed by atoms with Gasteiger partial charge in [0, 0.05) is 17.3 Å². The molecule has 2 unspecified atom stereocenters. The lowest BCUT2D eigenvalue weighted by Crippen LogP contribution is -2.29. The van der Waals surface area contributed by atoms with Crippen LogP contribution in [0.4, 0.5) is 4.39 Å². The third-order valence-corrected chi connectivity index (χ3v) is 4.59. The molecular weight excluding hydrogens is 261 g/mol. The zero-order chi connectivity index (χ0) is 14.4. The summed E-state index contributed by atoms with van der Waals surface area (Å²) in [6.07, 6.45) is 1.00.